The largest absolute Gasteiger partial charge is 0.486 e. The Morgan fingerprint density at radius 2 is 1.86 bits per heavy atom. The van der Waals surface area contributed by atoms with E-state index < -0.39 is 23.3 Å². The van der Waals surface area contributed by atoms with Crippen LogP contribution < -0.4 is 16.0 Å². The number of hydrogen-bond acceptors (Lipinski definition) is 5. The van der Waals surface area contributed by atoms with Gasteiger partial charge in [0.05, 0.1) is 12.0 Å². The van der Waals surface area contributed by atoms with E-state index in [2.05, 4.69) is 9.99 Å². The molecule has 0 saturated heterocycles. The second kappa shape index (κ2) is 9.07. The molecule has 1 heterocycles. The van der Waals surface area contributed by atoms with Gasteiger partial charge in [-0.05, 0) is 25.1 Å². The van der Waals surface area contributed by atoms with Crippen molar-refractivity contribution in [2.24, 2.45) is 10.9 Å². The van der Waals surface area contributed by atoms with Gasteiger partial charge in [-0.25, -0.2) is 4.79 Å². The van der Waals surface area contributed by atoms with Gasteiger partial charge in [0.25, 0.3) is 5.56 Å². The lowest BCUT2D eigenvalue weighted by atomic mass is 10.2. The predicted octanol–water partition coefficient (Wildman–Crippen LogP) is 2.46. The Kier molecular flexibility index (Phi) is 6.80. The minimum absolute atomic E-state index is 0.106. The monoisotopic (exact) mass is 397 g/mol. The summed E-state index contributed by atoms with van der Waals surface area (Å²) in [6.07, 6.45) is -4.31. The molecule has 0 unspecified atom stereocenters. The second-order valence-corrected chi connectivity index (χ2v) is 5.84. The number of amidine groups is 1. The Bertz CT molecular complexity index is 906. The third-order valence-electron chi connectivity index (χ3n) is 3.54. The first-order valence-corrected chi connectivity index (χ1v) is 8.14. The van der Waals surface area contributed by atoms with Crippen LogP contribution in [0.3, 0.4) is 0 Å². The number of rotatable bonds is 7. The van der Waals surface area contributed by atoms with Crippen molar-refractivity contribution in [3.05, 3.63) is 64.1 Å². The van der Waals surface area contributed by atoms with E-state index in [0.29, 0.717) is 18.0 Å². The number of hydrogen-bond donors (Lipinski definition) is 1. The van der Waals surface area contributed by atoms with Crippen molar-refractivity contribution in [1.29, 1.82) is 0 Å². The fourth-order valence-corrected chi connectivity index (χ4v) is 2.06. The van der Waals surface area contributed by atoms with Crippen molar-refractivity contribution < 1.29 is 27.5 Å². The maximum Gasteiger partial charge on any atom is 0.417 e. The number of aryl methyl sites for hydroxylation is 2. The molecule has 0 spiro atoms. The molecule has 0 radical (unpaired) electrons. The van der Waals surface area contributed by atoms with Gasteiger partial charge >= 0.3 is 12.1 Å². The molecule has 0 aliphatic heterocycles. The standard InChI is InChI=1S/C18H18F3N3O4/c1-12-2-5-14(6-3-12)27-11-15(22)23-28-17(26)8-9-24-10-13(18(19,20)21)4-7-16(24)25/h2-7,10H,8-9,11H2,1H3,(H2,22,23). The molecule has 2 rings (SSSR count). The molecule has 2 aromatic rings. The van der Waals surface area contributed by atoms with Gasteiger partial charge in [0, 0.05) is 18.8 Å². The molecule has 0 fully saturated rings. The van der Waals surface area contributed by atoms with E-state index in [9.17, 15) is 22.8 Å². The highest BCUT2D eigenvalue weighted by Crippen LogP contribution is 2.28. The molecule has 0 aliphatic rings. The molecule has 0 bridgehead atoms. The summed E-state index contributed by atoms with van der Waals surface area (Å²) in [6, 6.07) is 8.63. The molecule has 150 valence electrons. The van der Waals surface area contributed by atoms with E-state index in [-0.39, 0.29) is 25.4 Å². The third-order valence-corrected chi connectivity index (χ3v) is 3.54. The summed E-state index contributed by atoms with van der Waals surface area (Å²) >= 11 is 0. The molecule has 0 aliphatic carbocycles. The fraction of sp³-hybridized carbons (Fsp3) is 0.278. The average molecular weight is 397 g/mol. The van der Waals surface area contributed by atoms with Crippen LogP contribution in [0.5, 0.6) is 5.75 Å². The number of alkyl halides is 3. The van der Waals surface area contributed by atoms with Gasteiger partial charge in [0.1, 0.15) is 12.4 Å². The summed E-state index contributed by atoms with van der Waals surface area (Å²) in [5, 5.41) is 3.40. The lowest BCUT2D eigenvalue weighted by Crippen LogP contribution is -2.24. The summed E-state index contributed by atoms with van der Waals surface area (Å²) in [5.41, 5.74) is 4.96. The smallest absolute Gasteiger partial charge is 0.417 e. The van der Waals surface area contributed by atoms with Crippen LogP contribution >= 0.6 is 0 Å². The molecular weight excluding hydrogens is 379 g/mol. The van der Waals surface area contributed by atoms with Crippen LogP contribution in [0, 0.1) is 6.92 Å². The van der Waals surface area contributed by atoms with E-state index in [1.807, 2.05) is 19.1 Å². The lowest BCUT2D eigenvalue weighted by molar-refractivity contribution is -0.144. The second-order valence-electron chi connectivity index (χ2n) is 5.84. The number of nitrogens with two attached hydrogens (primary N) is 1. The molecule has 1 aromatic heterocycles. The van der Waals surface area contributed by atoms with Crippen molar-refractivity contribution in [2.75, 3.05) is 6.61 Å². The Labute approximate surface area is 158 Å². The van der Waals surface area contributed by atoms with E-state index in [1.165, 1.54) is 0 Å². The van der Waals surface area contributed by atoms with Crippen LogP contribution in [0.1, 0.15) is 17.5 Å². The van der Waals surface area contributed by atoms with E-state index in [0.717, 1.165) is 16.2 Å². The molecular formula is C18H18F3N3O4. The maximum atomic E-state index is 12.7. The highest BCUT2D eigenvalue weighted by atomic mass is 19.4. The lowest BCUT2D eigenvalue weighted by Gasteiger charge is -2.10. The first kappa shape index (κ1) is 21.0. The Balaban J connectivity index is 1.84. The van der Waals surface area contributed by atoms with Gasteiger partial charge < -0.3 is 19.9 Å². The predicted molar refractivity (Wildman–Crippen MR) is 94.7 cm³/mol. The van der Waals surface area contributed by atoms with Crippen LogP contribution in [0.4, 0.5) is 13.2 Å². The number of oxime groups is 1. The van der Waals surface area contributed by atoms with Crippen molar-refractivity contribution in [2.45, 2.75) is 26.1 Å². The Morgan fingerprint density at radius 1 is 1.18 bits per heavy atom. The Hall–Kier alpha value is -3.30. The topological polar surface area (TPSA) is 95.9 Å². The summed E-state index contributed by atoms with van der Waals surface area (Å²) in [5.74, 6) is -0.410. The normalized spacial score (nSPS) is 11.9. The van der Waals surface area contributed by atoms with E-state index >= 15 is 0 Å². The first-order chi connectivity index (χ1) is 13.1. The highest BCUT2D eigenvalue weighted by Gasteiger charge is 2.31. The zero-order chi connectivity index (χ0) is 20.7. The van der Waals surface area contributed by atoms with Gasteiger partial charge in [-0.2, -0.15) is 13.2 Å². The molecule has 10 heteroatoms. The minimum Gasteiger partial charge on any atom is -0.486 e. The van der Waals surface area contributed by atoms with Crippen LogP contribution in [0.25, 0.3) is 0 Å². The SMILES string of the molecule is Cc1ccc(OC/C(N)=N\OC(=O)CCn2cc(C(F)(F)F)ccc2=O)cc1. The first-order valence-electron chi connectivity index (χ1n) is 8.14. The molecule has 28 heavy (non-hydrogen) atoms. The minimum atomic E-state index is -4.59. The van der Waals surface area contributed by atoms with Gasteiger partial charge in [0.2, 0.25) is 0 Å². The number of carbonyl (C=O) groups excluding carboxylic acids is 1. The van der Waals surface area contributed by atoms with E-state index in [1.54, 1.807) is 12.1 Å². The summed E-state index contributed by atoms with van der Waals surface area (Å²) < 4.78 is 44.1. The van der Waals surface area contributed by atoms with Crippen molar-refractivity contribution in [1.82, 2.24) is 4.57 Å². The van der Waals surface area contributed by atoms with Gasteiger partial charge in [-0.15, -0.1) is 0 Å². The summed E-state index contributed by atoms with van der Waals surface area (Å²) in [6.45, 7) is 1.51. The fourth-order valence-electron chi connectivity index (χ4n) is 2.06. The van der Waals surface area contributed by atoms with Crippen LogP contribution in [0.2, 0.25) is 0 Å². The average Bonchev–Trinajstić information content (AvgIpc) is 2.64. The molecule has 0 atom stereocenters. The van der Waals surface area contributed by atoms with Crippen molar-refractivity contribution in [3.63, 3.8) is 0 Å². The van der Waals surface area contributed by atoms with Gasteiger partial charge in [-0.3, -0.25) is 4.79 Å². The van der Waals surface area contributed by atoms with Gasteiger partial charge in [-0.1, -0.05) is 22.9 Å². The zero-order valence-corrected chi connectivity index (χ0v) is 14.9. The Morgan fingerprint density at radius 3 is 2.50 bits per heavy atom. The number of pyridine rings is 1. The molecule has 0 amide bonds. The number of halogens is 3. The number of carbonyl (C=O) groups is 1. The molecule has 1 aromatic carbocycles. The van der Waals surface area contributed by atoms with Crippen LogP contribution in [0.15, 0.2) is 52.5 Å². The number of benzene rings is 1. The van der Waals surface area contributed by atoms with Crippen molar-refractivity contribution in [3.8, 4) is 5.75 Å². The third kappa shape index (κ3) is 6.45. The van der Waals surface area contributed by atoms with Crippen LogP contribution in [-0.2, 0) is 22.4 Å². The zero-order valence-electron chi connectivity index (χ0n) is 14.9. The summed E-state index contributed by atoms with van der Waals surface area (Å²) in [7, 11) is 0. The number of ether oxygens (including phenoxy) is 1. The maximum absolute atomic E-state index is 12.7. The van der Waals surface area contributed by atoms with E-state index in [4.69, 9.17) is 10.5 Å². The summed E-state index contributed by atoms with van der Waals surface area (Å²) in [4.78, 5) is 27.8. The number of aromatic nitrogens is 1. The van der Waals surface area contributed by atoms with Gasteiger partial charge in [0.15, 0.2) is 5.84 Å². The van der Waals surface area contributed by atoms with Crippen molar-refractivity contribution >= 4 is 11.8 Å². The highest BCUT2D eigenvalue weighted by molar-refractivity contribution is 5.82. The molecule has 2 N–H and O–H groups in total. The quantitative estimate of drug-likeness (QED) is 0.335. The molecule has 0 saturated carbocycles. The molecule has 7 nitrogen and oxygen atoms in total. The van der Waals surface area contributed by atoms with Crippen LogP contribution in [-0.4, -0.2) is 23.0 Å². The number of nitrogens with zero attached hydrogens (tertiary/aromatic N) is 2.